The van der Waals surface area contributed by atoms with Crippen molar-refractivity contribution in [2.45, 2.75) is 26.2 Å². The molecule has 0 aromatic heterocycles. The Kier molecular flexibility index (Phi) is 5.15. The molecule has 20 heavy (non-hydrogen) atoms. The van der Waals surface area contributed by atoms with Gasteiger partial charge in [-0.25, -0.2) is 0 Å². The van der Waals surface area contributed by atoms with Gasteiger partial charge < -0.3 is 0 Å². The molecule has 0 saturated carbocycles. The number of hydrogen-bond donors (Lipinski definition) is 0. The Morgan fingerprint density at radius 1 is 0.900 bits per heavy atom. The average Bonchev–Trinajstić information content (AvgIpc) is 2.52. The van der Waals surface area contributed by atoms with Crippen molar-refractivity contribution in [2.24, 2.45) is 0 Å². The van der Waals surface area contributed by atoms with Crippen LogP contribution in [0.1, 0.15) is 42.0 Å². The molecule has 0 atom stereocenters. The fourth-order valence-corrected chi connectivity index (χ4v) is 2.04. The maximum Gasteiger partial charge on any atom is 0.0991 e. The molecule has 2 aromatic rings. The van der Waals surface area contributed by atoms with Gasteiger partial charge in [0.25, 0.3) is 0 Å². The first-order valence-corrected chi connectivity index (χ1v) is 7.09. The normalized spacial score (nSPS) is 10.6. The van der Waals surface area contributed by atoms with Crippen LogP contribution in [-0.2, 0) is 6.42 Å². The van der Waals surface area contributed by atoms with Crippen LogP contribution in [0.4, 0.5) is 0 Å². The first-order valence-electron chi connectivity index (χ1n) is 7.09. The number of unbranched alkanes of at least 4 members (excludes halogenated alkanes) is 1. The van der Waals surface area contributed by atoms with Gasteiger partial charge in [0, 0.05) is 0 Å². The summed E-state index contributed by atoms with van der Waals surface area (Å²) in [6.07, 6.45) is 7.82. The monoisotopic (exact) mass is 261 g/mol. The van der Waals surface area contributed by atoms with Gasteiger partial charge in [0.15, 0.2) is 0 Å². The van der Waals surface area contributed by atoms with Crippen molar-refractivity contribution >= 4 is 12.2 Å². The summed E-state index contributed by atoms with van der Waals surface area (Å²) in [5.41, 5.74) is 4.42. The molecule has 2 rings (SSSR count). The van der Waals surface area contributed by atoms with Gasteiger partial charge in [-0.1, -0.05) is 61.9 Å². The molecule has 0 heterocycles. The van der Waals surface area contributed by atoms with E-state index in [-0.39, 0.29) is 0 Å². The molecule has 0 unspecified atom stereocenters. The van der Waals surface area contributed by atoms with Crippen LogP contribution in [0.3, 0.4) is 0 Å². The lowest BCUT2D eigenvalue weighted by Gasteiger charge is -2.00. The van der Waals surface area contributed by atoms with Crippen LogP contribution in [0, 0.1) is 11.3 Å². The minimum Gasteiger partial charge on any atom is -0.192 e. The van der Waals surface area contributed by atoms with Gasteiger partial charge in [0.1, 0.15) is 0 Å². The second-order valence-electron chi connectivity index (χ2n) is 4.91. The molecule has 0 radical (unpaired) electrons. The smallest absolute Gasteiger partial charge is 0.0991 e. The van der Waals surface area contributed by atoms with Crippen LogP contribution in [0.5, 0.6) is 0 Å². The number of nitrogens with zero attached hydrogens (tertiary/aromatic N) is 1. The fraction of sp³-hybridized carbons (Fsp3) is 0.211. The lowest BCUT2D eigenvalue weighted by Crippen LogP contribution is -1.84. The zero-order valence-electron chi connectivity index (χ0n) is 11.8. The first kappa shape index (κ1) is 14.1. The Morgan fingerprint density at radius 2 is 1.45 bits per heavy atom. The summed E-state index contributed by atoms with van der Waals surface area (Å²) in [4.78, 5) is 0. The standard InChI is InChI=1S/C19H19N/c1-2-3-4-16-5-7-17(8-6-16)9-10-18-11-13-19(15-20)14-12-18/h5-14H,2-4H2,1H3. The van der Waals surface area contributed by atoms with E-state index in [0.29, 0.717) is 5.56 Å². The lowest BCUT2D eigenvalue weighted by molar-refractivity contribution is 0.795. The molecule has 0 spiro atoms. The maximum atomic E-state index is 8.76. The summed E-state index contributed by atoms with van der Waals surface area (Å²) in [5, 5.41) is 8.76. The van der Waals surface area contributed by atoms with Crippen LogP contribution < -0.4 is 0 Å². The quantitative estimate of drug-likeness (QED) is 0.689. The number of aryl methyl sites for hydroxylation is 1. The third-order valence-corrected chi connectivity index (χ3v) is 3.31. The van der Waals surface area contributed by atoms with Gasteiger partial charge in [0.05, 0.1) is 11.6 Å². The topological polar surface area (TPSA) is 23.8 Å². The summed E-state index contributed by atoms with van der Waals surface area (Å²) in [6, 6.07) is 18.5. The van der Waals surface area contributed by atoms with E-state index in [0.717, 1.165) is 12.0 Å². The molecule has 1 heteroatoms. The second-order valence-corrected chi connectivity index (χ2v) is 4.91. The van der Waals surface area contributed by atoms with E-state index in [4.69, 9.17) is 5.26 Å². The molecule has 2 aromatic carbocycles. The highest BCUT2D eigenvalue weighted by atomic mass is 14.2. The first-order chi connectivity index (χ1) is 9.81. The molecular formula is C19H19N. The van der Waals surface area contributed by atoms with Crippen molar-refractivity contribution in [3.05, 3.63) is 70.8 Å². The van der Waals surface area contributed by atoms with Crippen LogP contribution in [0.15, 0.2) is 48.5 Å². The average molecular weight is 261 g/mol. The Labute approximate surface area is 121 Å². The summed E-state index contributed by atoms with van der Waals surface area (Å²) >= 11 is 0. The highest BCUT2D eigenvalue weighted by Crippen LogP contribution is 2.12. The molecule has 0 bridgehead atoms. The summed E-state index contributed by atoms with van der Waals surface area (Å²) in [5.74, 6) is 0. The highest BCUT2D eigenvalue weighted by molar-refractivity contribution is 5.69. The van der Waals surface area contributed by atoms with Crippen LogP contribution in [0.25, 0.3) is 12.2 Å². The van der Waals surface area contributed by atoms with E-state index < -0.39 is 0 Å². The molecule has 1 nitrogen and oxygen atoms in total. The minimum atomic E-state index is 0.697. The molecular weight excluding hydrogens is 242 g/mol. The van der Waals surface area contributed by atoms with Crippen LogP contribution >= 0.6 is 0 Å². The Bertz CT molecular complexity index is 598. The van der Waals surface area contributed by atoms with E-state index in [1.807, 2.05) is 24.3 Å². The summed E-state index contributed by atoms with van der Waals surface area (Å²) in [6.45, 7) is 2.22. The maximum absolute atomic E-state index is 8.76. The van der Waals surface area contributed by atoms with Gasteiger partial charge >= 0.3 is 0 Å². The predicted molar refractivity (Wildman–Crippen MR) is 85.1 cm³/mol. The molecule has 0 aliphatic carbocycles. The third kappa shape index (κ3) is 4.10. The third-order valence-electron chi connectivity index (χ3n) is 3.31. The predicted octanol–water partition coefficient (Wildman–Crippen LogP) is 5.07. The molecule has 0 aliphatic rings. The number of nitriles is 1. The van der Waals surface area contributed by atoms with Gasteiger partial charge in [-0.2, -0.15) is 5.26 Å². The van der Waals surface area contributed by atoms with Crippen molar-refractivity contribution in [3.8, 4) is 6.07 Å². The Balaban J connectivity index is 2.01. The number of rotatable bonds is 5. The molecule has 0 saturated heterocycles. The number of benzene rings is 2. The highest BCUT2D eigenvalue weighted by Gasteiger charge is 1.93. The van der Waals surface area contributed by atoms with Crippen molar-refractivity contribution < 1.29 is 0 Å². The largest absolute Gasteiger partial charge is 0.192 e. The number of hydrogen-bond acceptors (Lipinski definition) is 1. The van der Waals surface area contributed by atoms with Crippen molar-refractivity contribution in [2.75, 3.05) is 0 Å². The van der Waals surface area contributed by atoms with E-state index in [1.54, 1.807) is 0 Å². The summed E-state index contributed by atoms with van der Waals surface area (Å²) < 4.78 is 0. The lowest BCUT2D eigenvalue weighted by atomic mass is 10.1. The zero-order chi connectivity index (χ0) is 14.2. The molecule has 0 aliphatic heterocycles. The fourth-order valence-electron chi connectivity index (χ4n) is 2.04. The van der Waals surface area contributed by atoms with Gasteiger partial charge in [-0.3, -0.25) is 0 Å². The SMILES string of the molecule is CCCCc1ccc(C=Cc2ccc(C#N)cc2)cc1. The van der Waals surface area contributed by atoms with Crippen LogP contribution in [0.2, 0.25) is 0 Å². The molecule has 0 fully saturated rings. The molecule has 0 amide bonds. The van der Waals surface area contributed by atoms with Crippen molar-refractivity contribution in [1.29, 1.82) is 5.26 Å². The van der Waals surface area contributed by atoms with Gasteiger partial charge in [-0.05, 0) is 41.7 Å². The molecule has 100 valence electrons. The molecule has 0 N–H and O–H groups in total. The second kappa shape index (κ2) is 7.31. The van der Waals surface area contributed by atoms with E-state index in [9.17, 15) is 0 Å². The van der Waals surface area contributed by atoms with Gasteiger partial charge in [-0.15, -0.1) is 0 Å². The van der Waals surface area contributed by atoms with Gasteiger partial charge in [0.2, 0.25) is 0 Å². The van der Waals surface area contributed by atoms with Crippen LogP contribution in [-0.4, -0.2) is 0 Å². The van der Waals surface area contributed by atoms with Crippen molar-refractivity contribution in [3.63, 3.8) is 0 Å². The van der Waals surface area contributed by atoms with E-state index in [2.05, 4.69) is 49.4 Å². The Hall–Kier alpha value is -2.33. The zero-order valence-corrected chi connectivity index (χ0v) is 11.8. The Morgan fingerprint density at radius 3 is 1.95 bits per heavy atom. The van der Waals surface area contributed by atoms with E-state index >= 15 is 0 Å². The minimum absolute atomic E-state index is 0.697. The van der Waals surface area contributed by atoms with Crippen molar-refractivity contribution in [1.82, 2.24) is 0 Å². The van der Waals surface area contributed by atoms with E-state index in [1.165, 1.54) is 24.0 Å². The summed E-state index contributed by atoms with van der Waals surface area (Å²) in [7, 11) is 0.